The van der Waals surface area contributed by atoms with Crippen molar-refractivity contribution in [2.75, 3.05) is 14.2 Å². The monoisotopic (exact) mass is 237 g/mol. The smallest absolute Gasteiger partial charge is 0.322 e. The van der Waals surface area contributed by atoms with Crippen molar-refractivity contribution in [3.05, 3.63) is 5.82 Å². The molecule has 1 fully saturated rings. The molecule has 0 aliphatic heterocycles. The first-order valence-electron chi connectivity index (χ1n) is 6.14. The van der Waals surface area contributed by atoms with Gasteiger partial charge in [0, 0.05) is 6.42 Å². The molecular formula is C12H19N3O2. The van der Waals surface area contributed by atoms with Crippen molar-refractivity contribution in [3.63, 3.8) is 0 Å². The van der Waals surface area contributed by atoms with Crippen molar-refractivity contribution in [1.29, 1.82) is 0 Å². The maximum Gasteiger partial charge on any atom is 0.322 e. The Labute approximate surface area is 102 Å². The quantitative estimate of drug-likeness (QED) is 0.801. The maximum absolute atomic E-state index is 5.04. The summed E-state index contributed by atoms with van der Waals surface area (Å²) in [6.45, 7) is 0. The Morgan fingerprint density at radius 2 is 1.53 bits per heavy atom. The van der Waals surface area contributed by atoms with Crippen molar-refractivity contribution >= 4 is 0 Å². The van der Waals surface area contributed by atoms with Gasteiger partial charge in [-0.3, -0.25) is 0 Å². The van der Waals surface area contributed by atoms with Crippen LogP contribution < -0.4 is 9.47 Å². The Kier molecular flexibility index (Phi) is 4.12. The Morgan fingerprint density at radius 3 is 2.06 bits per heavy atom. The minimum Gasteiger partial charge on any atom is -0.467 e. The van der Waals surface area contributed by atoms with Gasteiger partial charge in [0.1, 0.15) is 5.82 Å². The molecule has 0 aromatic carbocycles. The Morgan fingerprint density at radius 1 is 0.941 bits per heavy atom. The van der Waals surface area contributed by atoms with E-state index in [4.69, 9.17) is 9.47 Å². The van der Waals surface area contributed by atoms with Gasteiger partial charge in [0.2, 0.25) is 0 Å². The molecule has 1 saturated carbocycles. The number of ether oxygens (including phenoxy) is 2. The molecular weight excluding hydrogens is 218 g/mol. The first-order valence-corrected chi connectivity index (χ1v) is 6.14. The van der Waals surface area contributed by atoms with Crippen LogP contribution >= 0.6 is 0 Å². The maximum atomic E-state index is 5.04. The van der Waals surface area contributed by atoms with E-state index in [1.807, 2.05) is 0 Å². The predicted octanol–water partition coefficient (Wildman–Crippen LogP) is 2.01. The van der Waals surface area contributed by atoms with E-state index in [0.717, 1.165) is 12.2 Å². The topological polar surface area (TPSA) is 57.1 Å². The molecule has 5 heteroatoms. The van der Waals surface area contributed by atoms with Crippen LogP contribution in [0.15, 0.2) is 0 Å². The molecule has 2 rings (SSSR count). The minimum atomic E-state index is 0.336. The molecule has 0 spiro atoms. The number of hydrogen-bond donors (Lipinski definition) is 0. The van der Waals surface area contributed by atoms with Crippen LogP contribution in [0.2, 0.25) is 0 Å². The summed E-state index contributed by atoms with van der Waals surface area (Å²) in [6.07, 6.45) is 7.45. The average molecular weight is 237 g/mol. The van der Waals surface area contributed by atoms with Crippen molar-refractivity contribution in [2.45, 2.75) is 38.5 Å². The van der Waals surface area contributed by atoms with Crippen molar-refractivity contribution in [1.82, 2.24) is 15.0 Å². The highest BCUT2D eigenvalue weighted by Gasteiger charge is 2.17. The van der Waals surface area contributed by atoms with Crippen molar-refractivity contribution < 1.29 is 9.47 Å². The van der Waals surface area contributed by atoms with Gasteiger partial charge in [0.25, 0.3) is 0 Å². The van der Waals surface area contributed by atoms with E-state index >= 15 is 0 Å². The molecule has 0 radical (unpaired) electrons. The third-order valence-corrected chi connectivity index (χ3v) is 3.20. The van der Waals surface area contributed by atoms with E-state index in [2.05, 4.69) is 15.0 Å². The van der Waals surface area contributed by atoms with Crippen LogP contribution in [-0.4, -0.2) is 29.2 Å². The first-order chi connectivity index (χ1) is 8.31. The van der Waals surface area contributed by atoms with E-state index in [1.165, 1.54) is 32.1 Å². The lowest BCUT2D eigenvalue weighted by Gasteiger charge is -2.20. The number of rotatable bonds is 4. The molecule has 5 nitrogen and oxygen atoms in total. The summed E-state index contributed by atoms with van der Waals surface area (Å²) in [6, 6.07) is 0.672. The SMILES string of the molecule is COc1nc(CC2CCCCC2)nc(OC)n1. The normalized spacial score (nSPS) is 16.8. The van der Waals surface area contributed by atoms with E-state index in [1.54, 1.807) is 14.2 Å². The van der Waals surface area contributed by atoms with Gasteiger partial charge in [0.15, 0.2) is 0 Å². The number of aromatic nitrogens is 3. The molecule has 0 amide bonds. The van der Waals surface area contributed by atoms with Gasteiger partial charge < -0.3 is 9.47 Å². The molecule has 0 unspecified atom stereocenters. The van der Waals surface area contributed by atoms with E-state index in [-0.39, 0.29) is 0 Å². The fraction of sp³-hybridized carbons (Fsp3) is 0.750. The lowest BCUT2D eigenvalue weighted by atomic mass is 9.87. The van der Waals surface area contributed by atoms with Crippen LogP contribution in [0.4, 0.5) is 0 Å². The second-order valence-corrected chi connectivity index (χ2v) is 4.43. The molecule has 0 atom stereocenters. The van der Waals surface area contributed by atoms with Gasteiger partial charge in [-0.25, -0.2) is 0 Å². The van der Waals surface area contributed by atoms with Gasteiger partial charge in [0.05, 0.1) is 14.2 Å². The van der Waals surface area contributed by atoms with Crippen LogP contribution in [0.5, 0.6) is 12.0 Å². The second kappa shape index (κ2) is 5.80. The Hall–Kier alpha value is -1.39. The summed E-state index contributed by atoms with van der Waals surface area (Å²) in [5.41, 5.74) is 0. The fourth-order valence-corrected chi connectivity index (χ4v) is 2.30. The van der Waals surface area contributed by atoms with Crippen LogP contribution in [0.1, 0.15) is 37.9 Å². The Balaban J connectivity index is 2.07. The highest BCUT2D eigenvalue weighted by molar-refractivity contribution is 5.05. The standard InChI is InChI=1S/C12H19N3O2/c1-16-11-13-10(14-12(15-11)17-2)8-9-6-4-3-5-7-9/h9H,3-8H2,1-2H3. The number of methoxy groups -OCH3 is 2. The Bertz CT molecular complexity index is 343. The van der Waals surface area contributed by atoms with Crippen molar-refractivity contribution in [3.8, 4) is 12.0 Å². The first kappa shape index (κ1) is 12.1. The zero-order valence-electron chi connectivity index (χ0n) is 10.5. The summed E-state index contributed by atoms with van der Waals surface area (Å²) in [4.78, 5) is 12.5. The number of nitrogens with zero attached hydrogens (tertiary/aromatic N) is 3. The van der Waals surface area contributed by atoms with E-state index in [9.17, 15) is 0 Å². The summed E-state index contributed by atoms with van der Waals surface area (Å²) < 4.78 is 10.1. The molecule has 0 bridgehead atoms. The molecule has 94 valence electrons. The summed E-state index contributed by atoms with van der Waals surface area (Å²) in [5.74, 6) is 1.47. The van der Waals surface area contributed by atoms with Crippen molar-refractivity contribution in [2.24, 2.45) is 5.92 Å². The molecule has 1 aliphatic rings. The van der Waals surface area contributed by atoms with Crippen LogP contribution in [-0.2, 0) is 6.42 Å². The van der Waals surface area contributed by atoms with Crippen LogP contribution in [0, 0.1) is 5.92 Å². The zero-order chi connectivity index (χ0) is 12.1. The predicted molar refractivity (Wildman–Crippen MR) is 63.2 cm³/mol. The highest BCUT2D eigenvalue weighted by Crippen LogP contribution is 2.26. The van der Waals surface area contributed by atoms with Gasteiger partial charge in [-0.05, 0) is 5.92 Å². The molecule has 1 heterocycles. The second-order valence-electron chi connectivity index (χ2n) is 4.43. The third kappa shape index (κ3) is 3.28. The van der Waals surface area contributed by atoms with Gasteiger partial charge in [-0.1, -0.05) is 32.1 Å². The number of hydrogen-bond acceptors (Lipinski definition) is 5. The molecule has 17 heavy (non-hydrogen) atoms. The fourth-order valence-electron chi connectivity index (χ4n) is 2.30. The van der Waals surface area contributed by atoms with Gasteiger partial charge in [-0.2, -0.15) is 9.97 Å². The summed E-state index contributed by atoms with van der Waals surface area (Å²) >= 11 is 0. The third-order valence-electron chi connectivity index (χ3n) is 3.20. The lowest BCUT2D eigenvalue weighted by Crippen LogP contribution is -2.12. The van der Waals surface area contributed by atoms with E-state index < -0.39 is 0 Å². The molecule has 0 saturated heterocycles. The summed E-state index contributed by atoms with van der Waals surface area (Å²) in [7, 11) is 3.11. The minimum absolute atomic E-state index is 0.336. The average Bonchev–Trinajstić information content (AvgIpc) is 2.39. The van der Waals surface area contributed by atoms with E-state index in [0.29, 0.717) is 17.9 Å². The largest absolute Gasteiger partial charge is 0.467 e. The lowest BCUT2D eigenvalue weighted by molar-refractivity contribution is 0.322. The van der Waals surface area contributed by atoms with Gasteiger partial charge >= 0.3 is 12.0 Å². The molecule has 1 aromatic rings. The van der Waals surface area contributed by atoms with Crippen LogP contribution in [0.25, 0.3) is 0 Å². The zero-order valence-corrected chi connectivity index (χ0v) is 10.5. The highest BCUT2D eigenvalue weighted by atomic mass is 16.5. The van der Waals surface area contributed by atoms with Gasteiger partial charge in [-0.15, -0.1) is 4.98 Å². The molecule has 1 aromatic heterocycles. The van der Waals surface area contributed by atoms with Crippen LogP contribution in [0.3, 0.4) is 0 Å². The summed E-state index contributed by atoms with van der Waals surface area (Å²) in [5, 5.41) is 0. The molecule has 1 aliphatic carbocycles. The molecule has 0 N–H and O–H groups in total.